The number of aromatic nitrogens is 2. The van der Waals surface area contributed by atoms with Gasteiger partial charge in [-0.05, 0) is 24.6 Å². The number of thiophene rings is 1. The Morgan fingerprint density at radius 1 is 1.21 bits per heavy atom. The number of hydrogen-bond acceptors (Lipinski definition) is 7. The molecule has 1 saturated heterocycles. The van der Waals surface area contributed by atoms with Crippen LogP contribution in [-0.2, 0) is 11.3 Å². The molecule has 0 saturated carbocycles. The third-order valence-corrected chi connectivity index (χ3v) is 5.91. The lowest BCUT2D eigenvalue weighted by atomic mass is 10.2. The van der Waals surface area contributed by atoms with Crippen LogP contribution in [0.5, 0.6) is 0 Å². The SMILES string of the molecule is Cc1scc2nc(C(=O)NCc3ccc(N4CCOCC4)cc3)nc(N(C)C)c12. The molecular weight excluding hydrogens is 386 g/mol. The van der Waals surface area contributed by atoms with Crippen LogP contribution in [0.15, 0.2) is 29.6 Å². The van der Waals surface area contributed by atoms with Crippen molar-refractivity contribution in [3.05, 3.63) is 45.9 Å². The molecule has 29 heavy (non-hydrogen) atoms. The van der Waals surface area contributed by atoms with Crippen LogP contribution in [0.1, 0.15) is 21.1 Å². The van der Waals surface area contributed by atoms with E-state index in [1.807, 2.05) is 43.4 Å². The molecule has 2 aromatic heterocycles. The number of carbonyl (C=O) groups is 1. The fourth-order valence-corrected chi connectivity index (χ4v) is 4.20. The molecule has 0 unspecified atom stereocenters. The average molecular weight is 412 g/mol. The Kier molecular flexibility index (Phi) is 5.64. The number of amides is 1. The van der Waals surface area contributed by atoms with Gasteiger partial charge in [-0.15, -0.1) is 11.3 Å². The molecule has 4 rings (SSSR count). The maximum absolute atomic E-state index is 12.7. The molecule has 0 radical (unpaired) electrons. The van der Waals surface area contributed by atoms with E-state index in [9.17, 15) is 4.79 Å². The lowest BCUT2D eigenvalue weighted by molar-refractivity contribution is 0.0941. The second-order valence-corrected chi connectivity index (χ2v) is 8.35. The zero-order valence-corrected chi connectivity index (χ0v) is 17.8. The number of morpholine rings is 1. The van der Waals surface area contributed by atoms with Crippen molar-refractivity contribution in [2.45, 2.75) is 13.5 Å². The molecule has 1 N–H and O–H groups in total. The van der Waals surface area contributed by atoms with Crippen LogP contribution in [0.3, 0.4) is 0 Å². The van der Waals surface area contributed by atoms with Crippen LogP contribution in [0.25, 0.3) is 10.9 Å². The third-order valence-electron chi connectivity index (χ3n) is 5.01. The fraction of sp³-hybridized carbons (Fsp3) is 0.381. The monoisotopic (exact) mass is 411 g/mol. The number of fused-ring (bicyclic) bond motifs is 1. The molecular formula is C21H25N5O2S. The van der Waals surface area contributed by atoms with E-state index in [-0.39, 0.29) is 11.7 Å². The number of benzene rings is 1. The van der Waals surface area contributed by atoms with Gasteiger partial charge in [0, 0.05) is 49.7 Å². The van der Waals surface area contributed by atoms with E-state index in [0.29, 0.717) is 6.54 Å². The van der Waals surface area contributed by atoms with Gasteiger partial charge in [-0.1, -0.05) is 12.1 Å². The Balaban J connectivity index is 1.45. The van der Waals surface area contributed by atoms with Gasteiger partial charge in [0.25, 0.3) is 5.91 Å². The fourth-order valence-electron chi connectivity index (χ4n) is 3.42. The number of aryl methyl sites for hydroxylation is 1. The van der Waals surface area contributed by atoms with Gasteiger partial charge < -0.3 is 19.9 Å². The highest BCUT2D eigenvalue weighted by atomic mass is 32.1. The van der Waals surface area contributed by atoms with E-state index in [1.54, 1.807) is 11.3 Å². The molecule has 0 atom stereocenters. The lowest BCUT2D eigenvalue weighted by Crippen LogP contribution is -2.36. The minimum absolute atomic E-state index is 0.198. The first-order chi connectivity index (χ1) is 14.0. The van der Waals surface area contributed by atoms with Crippen molar-refractivity contribution in [2.24, 2.45) is 0 Å². The van der Waals surface area contributed by atoms with Gasteiger partial charge in [0.1, 0.15) is 5.82 Å². The standard InChI is InChI=1S/C21H25N5O2S/c1-14-18-17(13-29-14)23-19(24-20(18)25(2)3)21(27)22-12-15-4-6-16(7-5-15)26-8-10-28-11-9-26/h4-7,13H,8-12H2,1-3H3,(H,22,27). The van der Waals surface area contributed by atoms with Crippen LogP contribution >= 0.6 is 11.3 Å². The number of anilines is 2. The molecule has 1 aromatic carbocycles. The lowest BCUT2D eigenvalue weighted by Gasteiger charge is -2.28. The van der Waals surface area contributed by atoms with Crippen LogP contribution in [0.2, 0.25) is 0 Å². The average Bonchev–Trinajstić information content (AvgIpc) is 3.13. The maximum Gasteiger partial charge on any atom is 0.289 e. The molecule has 152 valence electrons. The topological polar surface area (TPSA) is 70.6 Å². The first-order valence-corrected chi connectivity index (χ1v) is 10.5. The molecule has 3 aromatic rings. The summed E-state index contributed by atoms with van der Waals surface area (Å²) in [6.07, 6.45) is 0. The minimum atomic E-state index is -0.267. The molecule has 0 spiro atoms. The van der Waals surface area contributed by atoms with E-state index in [0.717, 1.165) is 53.5 Å². The zero-order valence-electron chi connectivity index (χ0n) is 16.9. The van der Waals surface area contributed by atoms with Gasteiger partial charge >= 0.3 is 0 Å². The highest BCUT2D eigenvalue weighted by Gasteiger charge is 2.17. The van der Waals surface area contributed by atoms with Gasteiger partial charge in [-0.25, -0.2) is 9.97 Å². The molecule has 1 aliphatic rings. The van der Waals surface area contributed by atoms with Crippen LogP contribution in [0.4, 0.5) is 11.5 Å². The van der Waals surface area contributed by atoms with E-state index >= 15 is 0 Å². The van der Waals surface area contributed by atoms with E-state index in [1.165, 1.54) is 5.69 Å². The number of nitrogens with one attached hydrogen (secondary N) is 1. The number of hydrogen-bond donors (Lipinski definition) is 1. The van der Waals surface area contributed by atoms with Crippen molar-refractivity contribution in [2.75, 3.05) is 50.2 Å². The molecule has 7 nitrogen and oxygen atoms in total. The third kappa shape index (κ3) is 4.18. The second kappa shape index (κ2) is 8.34. The second-order valence-electron chi connectivity index (χ2n) is 7.27. The molecule has 1 aliphatic heterocycles. The molecule has 3 heterocycles. The van der Waals surface area contributed by atoms with Crippen molar-refractivity contribution in [3.8, 4) is 0 Å². The molecule has 8 heteroatoms. The Hall–Kier alpha value is -2.71. The quantitative estimate of drug-likeness (QED) is 0.696. The summed E-state index contributed by atoms with van der Waals surface area (Å²) in [4.78, 5) is 27.0. The molecule has 0 bridgehead atoms. The van der Waals surface area contributed by atoms with E-state index < -0.39 is 0 Å². The largest absolute Gasteiger partial charge is 0.378 e. The highest BCUT2D eigenvalue weighted by molar-refractivity contribution is 7.11. The normalized spacial score (nSPS) is 14.2. The van der Waals surface area contributed by atoms with Gasteiger partial charge in [-0.3, -0.25) is 4.79 Å². The van der Waals surface area contributed by atoms with E-state index in [2.05, 4.69) is 32.3 Å². The Morgan fingerprint density at radius 3 is 2.62 bits per heavy atom. The van der Waals surface area contributed by atoms with Crippen molar-refractivity contribution in [1.29, 1.82) is 0 Å². The smallest absolute Gasteiger partial charge is 0.289 e. The number of carbonyl (C=O) groups excluding carboxylic acids is 1. The van der Waals surface area contributed by atoms with Gasteiger partial charge in [-0.2, -0.15) is 0 Å². The molecule has 1 fully saturated rings. The predicted octanol–water partition coefficient (Wildman–Crippen LogP) is 2.83. The summed E-state index contributed by atoms with van der Waals surface area (Å²) in [6, 6.07) is 8.27. The summed E-state index contributed by atoms with van der Waals surface area (Å²) in [5.74, 6) is 0.703. The van der Waals surface area contributed by atoms with Crippen molar-refractivity contribution >= 4 is 39.7 Å². The van der Waals surface area contributed by atoms with E-state index in [4.69, 9.17) is 4.74 Å². The van der Waals surface area contributed by atoms with Crippen LogP contribution < -0.4 is 15.1 Å². The number of ether oxygens (including phenoxy) is 1. The van der Waals surface area contributed by atoms with Gasteiger partial charge in [0.15, 0.2) is 0 Å². The predicted molar refractivity (Wildman–Crippen MR) is 117 cm³/mol. The van der Waals surface area contributed by atoms with Crippen molar-refractivity contribution in [3.63, 3.8) is 0 Å². The summed E-state index contributed by atoms with van der Waals surface area (Å²) in [6.45, 7) is 5.83. The van der Waals surface area contributed by atoms with Crippen molar-refractivity contribution < 1.29 is 9.53 Å². The van der Waals surface area contributed by atoms with Crippen LogP contribution in [-0.4, -0.2) is 56.3 Å². The molecule has 1 amide bonds. The summed E-state index contributed by atoms with van der Waals surface area (Å²) < 4.78 is 5.40. The number of rotatable bonds is 5. The summed E-state index contributed by atoms with van der Waals surface area (Å²) in [5.41, 5.74) is 3.03. The van der Waals surface area contributed by atoms with Gasteiger partial charge in [0.2, 0.25) is 5.82 Å². The Labute approximate surface area is 174 Å². The summed E-state index contributed by atoms with van der Waals surface area (Å²) in [7, 11) is 3.85. The Morgan fingerprint density at radius 2 is 1.93 bits per heavy atom. The summed E-state index contributed by atoms with van der Waals surface area (Å²) >= 11 is 1.62. The highest BCUT2D eigenvalue weighted by Crippen LogP contribution is 2.30. The number of nitrogens with zero attached hydrogens (tertiary/aromatic N) is 4. The van der Waals surface area contributed by atoms with Crippen molar-refractivity contribution in [1.82, 2.24) is 15.3 Å². The van der Waals surface area contributed by atoms with Gasteiger partial charge in [0.05, 0.1) is 24.1 Å². The zero-order chi connectivity index (χ0) is 20.4. The summed E-state index contributed by atoms with van der Waals surface area (Å²) in [5, 5.41) is 5.92. The maximum atomic E-state index is 12.7. The molecule has 0 aliphatic carbocycles. The minimum Gasteiger partial charge on any atom is -0.378 e. The first kappa shape index (κ1) is 19.6. The first-order valence-electron chi connectivity index (χ1n) is 9.66. The van der Waals surface area contributed by atoms with Crippen LogP contribution in [0, 0.1) is 6.92 Å². The Bertz CT molecular complexity index is 1010.